The molecule has 2 fully saturated rings. The molecule has 2 saturated heterocycles. The smallest absolute Gasteiger partial charge is 0.243 e. The first-order valence-electron chi connectivity index (χ1n) is 11.5. The SMILES string of the molecule is N#Cc1ccc(CN2CCCN(C(=O)C3CCN(S(=O)(=O)c4ccccc4)CC3)CC2)cc1. The summed E-state index contributed by atoms with van der Waals surface area (Å²) in [6, 6.07) is 18.3. The van der Waals surface area contributed by atoms with E-state index in [4.69, 9.17) is 5.26 Å². The van der Waals surface area contributed by atoms with Crippen LogP contribution in [-0.4, -0.2) is 67.7 Å². The number of hydrogen-bond acceptors (Lipinski definition) is 5. The molecular weight excluding hydrogens is 436 g/mol. The van der Waals surface area contributed by atoms with Gasteiger partial charge in [0.1, 0.15) is 0 Å². The molecule has 8 heteroatoms. The molecule has 0 saturated carbocycles. The molecule has 0 radical (unpaired) electrons. The summed E-state index contributed by atoms with van der Waals surface area (Å²) in [5, 5.41) is 8.95. The van der Waals surface area contributed by atoms with E-state index < -0.39 is 10.0 Å². The lowest BCUT2D eigenvalue weighted by Gasteiger charge is -2.33. The van der Waals surface area contributed by atoms with Crippen LogP contribution in [-0.2, 0) is 21.4 Å². The number of hydrogen-bond donors (Lipinski definition) is 0. The van der Waals surface area contributed by atoms with E-state index in [1.165, 1.54) is 9.87 Å². The summed E-state index contributed by atoms with van der Waals surface area (Å²) in [5.41, 5.74) is 1.83. The lowest BCUT2D eigenvalue weighted by Crippen LogP contribution is -2.45. The van der Waals surface area contributed by atoms with Crippen LogP contribution in [0.15, 0.2) is 59.5 Å². The van der Waals surface area contributed by atoms with Gasteiger partial charge in [0.25, 0.3) is 0 Å². The predicted octanol–water partition coefficient (Wildman–Crippen LogP) is 2.69. The van der Waals surface area contributed by atoms with E-state index in [0.29, 0.717) is 42.9 Å². The maximum absolute atomic E-state index is 13.2. The van der Waals surface area contributed by atoms with Crippen molar-refractivity contribution in [1.29, 1.82) is 5.26 Å². The molecule has 174 valence electrons. The van der Waals surface area contributed by atoms with E-state index in [0.717, 1.165) is 32.6 Å². The molecule has 4 rings (SSSR count). The summed E-state index contributed by atoms with van der Waals surface area (Å²) in [7, 11) is -3.50. The monoisotopic (exact) mass is 466 g/mol. The van der Waals surface area contributed by atoms with Crippen molar-refractivity contribution in [2.75, 3.05) is 39.3 Å². The standard InChI is InChI=1S/C25H30N4O3S/c26-19-21-7-9-22(10-8-21)20-27-13-4-14-28(18-17-27)25(30)23-11-15-29(16-12-23)33(31,32)24-5-2-1-3-6-24/h1-3,5-10,23H,4,11-18,20H2. The first-order chi connectivity index (χ1) is 16.0. The van der Waals surface area contributed by atoms with Gasteiger partial charge in [0.2, 0.25) is 15.9 Å². The van der Waals surface area contributed by atoms with Crippen molar-refractivity contribution in [3.05, 3.63) is 65.7 Å². The summed E-state index contributed by atoms with van der Waals surface area (Å²) in [6.45, 7) is 4.75. The Labute approximate surface area is 196 Å². The first kappa shape index (κ1) is 23.4. The maximum atomic E-state index is 13.2. The highest BCUT2D eigenvalue weighted by Gasteiger charge is 2.34. The van der Waals surface area contributed by atoms with E-state index in [1.807, 2.05) is 29.2 Å². The second kappa shape index (κ2) is 10.5. The van der Waals surface area contributed by atoms with Gasteiger partial charge in [-0.2, -0.15) is 9.57 Å². The Bertz CT molecular complexity index is 1090. The molecule has 2 aromatic carbocycles. The molecule has 2 aliphatic heterocycles. The van der Waals surface area contributed by atoms with Gasteiger partial charge in [-0.25, -0.2) is 8.42 Å². The average molecular weight is 467 g/mol. The zero-order valence-corrected chi connectivity index (χ0v) is 19.6. The third-order valence-corrected chi connectivity index (χ3v) is 8.49. The van der Waals surface area contributed by atoms with Crippen molar-refractivity contribution in [2.24, 2.45) is 5.92 Å². The van der Waals surface area contributed by atoms with Gasteiger partial charge in [-0.1, -0.05) is 30.3 Å². The molecule has 1 amide bonds. The number of benzene rings is 2. The van der Waals surface area contributed by atoms with Gasteiger partial charge in [-0.15, -0.1) is 0 Å². The molecule has 33 heavy (non-hydrogen) atoms. The second-order valence-electron chi connectivity index (χ2n) is 8.76. The topological polar surface area (TPSA) is 84.7 Å². The lowest BCUT2D eigenvalue weighted by atomic mass is 9.96. The van der Waals surface area contributed by atoms with E-state index in [9.17, 15) is 13.2 Å². The summed E-state index contributed by atoms with van der Waals surface area (Å²) in [6.07, 6.45) is 2.05. The van der Waals surface area contributed by atoms with Crippen molar-refractivity contribution in [2.45, 2.75) is 30.7 Å². The van der Waals surface area contributed by atoms with Gasteiger partial charge in [-0.3, -0.25) is 9.69 Å². The molecule has 0 spiro atoms. The molecule has 0 bridgehead atoms. The van der Waals surface area contributed by atoms with Crippen molar-refractivity contribution in [1.82, 2.24) is 14.1 Å². The molecule has 2 heterocycles. The van der Waals surface area contributed by atoms with Crippen molar-refractivity contribution in [3.8, 4) is 6.07 Å². The number of amides is 1. The Morgan fingerprint density at radius 2 is 1.61 bits per heavy atom. The first-order valence-corrected chi connectivity index (χ1v) is 13.0. The Hall–Kier alpha value is -2.73. The number of rotatable bonds is 5. The molecule has 0 aliphatic carbocycles. The van der Waals surface area contributed by atoms with Crippen LogP contribution in [0.3, 0.4) is 0 Å². The summed E-state index contributed by atoms with van der Waals surface area (Å²) in [4.78, 5) is 17.8. The summed E-state index contributed by atoms with van der Waals surface area (Å²) >= 11 is 0. The third kappa shape index (κ3) is 5.61. The van der Waals surface area contributed by atoms with Crippen molar-refractivity contribution in [3.63, 3.8) is 0 Å². The summed E-state index contributed by atoms with van der Waals surface area (Å²) < 4.78 is 27.2. The molecule has 2 aliphatic rings. The molecular formula is C25H30N4O3S. The van der Waals surface area contributed by atoms with Crippen LogP contribution < -0.4 is 0 Å². The number of nitriles is 1. The van der Waals surface area contributed by atoms with Crippen LogP contribution in [0, 0.1) is 17.2 Å². The minimum absolute atomic E-state index is 0.114. The Balaban J connectivity index is 1.29. The maximum Gasteiger partial charge on any atom is 0.243 e. The van der Waals surface area contributed by atoms with Crippen molar-refractivity contribution >= 4 is 15.9 Å². The number of piperidine rings is 1. The Morgan fingerprint density at radius 1 is 0.909 bits per heavy atom. The third-order valence-electron chi connectivity index (χ3n) is 6.57. The fourth-order valence-corrected chi connectivity index (χ4v) is 6.13. The fraction of sp³-hybridized carbons (Fsp3) is 0.440. The van der Waals surface area contributed by atoms with E-state index in [1.54, 1.807) is 30.3 Å². The minimum atomic E-state index is -3.50. The van der Waals surface area contributed by atoms with Gasteiger partial charge in [-0.05, 0) is 49.1 Å². The highest BCUT2D eigenvalue weighted by Crippen LogP contribution is 2.25. The number of carbonyl (C=O) groups is 1. The molecule has 2 aromatic rings. The average Bonchev–Trinajstić information content (AvgIpc) is 3.10. The van der Waals surface area contributed by atoms with Crippen LogP contribution in [0.4, 0.5) is 0 Å². The number of sulfonamides is 1. The normalized spacial score (nSPS) is 19.1. The molecule has 0 aromatic heterocycles. The largest absolute Gasteiger partial charge is 0.341 e. The van der Waals surface area contributed by atoms with Gasteiger partial charge < -0.3 is 4.90 Å². The van der Waals surface area contributed by atoms with Crippen LogP contribution in [0.25, 0.3) is 0 Å². The minimum Gasteiger partial charge on any atom is -0.341 e. The fourth-order valence-electron chi connectivity index (χ4n) is 4.64. The zero-order valence-electron chi connectivity index (χ0n) is 18.8. The quantitative estimate of drug-likeness (QED) is 0.676. The van der Waals surface area contributed by atoms with Gasteiger partial charge in [0.05, 0.1) is 16.5 Å². The molecule has 0 unspecified atom stereocenters. The Kier molecular flexibility index (Phi) is 7.43. The van der Waals surface area contributed by atoms with Crippen LogP contribution in [0.1, 0.15) is 30.4 Å². The lowest BCUT2D eigenvalue weighted by molar-refractivity contribution is -0.136. The number of carbonyl (C=O) groups excluding carboxylic acids is 1. The molecule has 7 nitrogen and oxygen atoms in total. The molecule has 0 atom stereocenters. The highest BCUT2D eigenvalue weighted by atomic mass is 32.2. The van der Waals surface area contributed by atoms with Gasteiger partial charge >= 0.3 is 0 Å². The Morgan fingerprint density at radius 3 is 2.27 bits per heavy atom. The van der Waals surface area contributed by atoms with Crippen LogP contribution >= 0.6 is 0 Å². The van der Waals surface area contributed by atoms with E-state index in [-0.39, 0.29) is 11.8 Å². The number of nitrogens with zero attached hydrogens (tertiary/aromatic N) is 4. The predicted molar refractivity (Wildman–Crippen MR) is 126 cm³/mol. The van der Waals surface area contributed by atoms with Gasteiger partial charge in [0.15, 0.2) is 0 Å². The van der Waals surface area contributed by atoms with E-state index in [2.05, 4.69) is 11.0 Å². The van der Waals surface area contributed by atoms with Crippen molar-refractivity contribution < 1.29 is 13.2 Å². The zero-order chi connectivity index (χ0) is 23.3. The van der Waals surface area contributed by atoms with Gasteiger partial charge in [0, 0.05) is 51.7 Å². The molecule has 0 N–H and O–H groups in total. The van der Waals surface area contributed by atoms with Crippen LogP contribution in [0.2, 0.25) is 0 Å². The second-order valence-corrected chi connectivity index (χ2v) is 10.7. The summed E-state index contributed by atoms with van der Waals surface area (Å²) in [5.74, 6) is 0.0456. The van der Waals surface area contributed by atoms with E-state index >= 15 is 0 Å². The van der Waals surface area contributed by atoms with Crippen LogP contribution in [0.5, 0.6) is 0 Å². The highest BCUT2D eigenvalue weighted by molar-refractivity contribution is 7.89.